The van der Waals surface area contributed by atoms with Crippen molar-refractivity contribution >= 4 is 11.6 Å². The number of carbonyl (C=O) groups is 1. The number of para-hydroxylation sites is 1. The number of amides is 1. The lowest BCUT2D eigenvalue weighted by Crippen LogP contribution is -2.49. The minimum absolute atomic E-state index is 0.0388. The lowest BCUT2D eigenvalue weighted by Gasteiger charge is -2.35. The van der Waals surface area contributed by atoms with Crippen LogP contribution in [-0.4, -0.2) is 46.8 Å². The van der Waals surface area contributed by atoms with Gasteiger partial charge in [0.15, 0.2) is 5.76 Å². The van der Waals surface area contributed by atoms with Crippen LogP contribution in [-0.2, 0) is 0 Å². The maximum atomic E-state index is 12.4. The highest BCUT2D eigenvalue weighted by molar-refractivity contribution is 5.91. The van der Waals surface area contributed by atoms with E-state index in [1.807, 2.05) is 34.7 Å². The van der Waals surface area contributed by atoms with Crippen LogP contribution in [0.3, 0.4) is 0 Å². The van der Waals surface area contributed by atoms with Gasteiger partial charge in [-0.15, -0.1) is 0 Å². The van der Waals surface area contributed by atoms with E-state index in [0.717, 1.165) is 30.2 Å². The Morgan fingerprint density at radius 1 is 1.00 bits per heavy atom. The van der Waals surface area contributed by atoms with Gasteiger partial charge in [-0.2, -0.15) is 5.10 Å². The molecular weight excluding hydrogens is 328 g/mol. The fourth-order valence-corrected chi connectivity index (χ4v) is 3.60. The van der Waals surface area contributed by atoms with E-state index in [-0.39, 0.29) is 5.91 Å². The van der Waals surface area contributed by atoms with Crippen molar-refractivity contribution in [2.45, 2.75) is 13.8 Å². The minimum Gasteiger partial charge on any atom is -0.459 e. The summed E-state index contributed by atoms with van der Waals surface area (Å²) in [6.45, 7) is 7.07. The fraction of sp³-hybridized carbons (Fsp3) is 0.300. The van der Waals surface area contributed by atoms with Crippen LogP contribution in [0.5, 0.6) is 0 Å². The van der Waals surface area contributed by atoms with Crippen molar-refractivity contribution < 1.29 is 9.21 Å². The van der Waals surface area contributed by atoms with Gasteiger partial charge < -0.3 is 14.2 Å². The number of aromatic nitrogens is 2. The van der Waals surface area contributed by atoms with Gasteiger partial charge in [0.05, 0.1) is 29.0 Å². The maximum Gasteiger partial charge on any atom is 0.289 e. The number of furan rings is 1. The number of rotatable bonds is 3. The van der Waals surface area contributed by atoms with Crippen molar-refractivity contribution in [1.82, 2.24) is 14.7 Å². The number of aryl methyl sites for hydroxylation is 1. The van der Waals surface area contributed by atoms with Gasteiger partial charge in [0.25, 0.3) is 5.91 Å². The largest absolute Gasteiger partial charge is 0.459 e. The number of hydrogen-bond donors (Lipinski definition) is 0. The van der Waals surface area contributed by atoms with E-state index < -0.39 is 0 Å². The van der Waals surface area contributed by atoms with E-state index >= 15 is 0 Å². The summed E-state index contributed by atoms with van der Waals surface area (Å²) in [6.07, 6.45) is 1.54. The van der Waals surface area contributed by atoms with E-state index in [2.05, 4.69) is 24.0 Å². The first-order valence-corrected chi connectivity index (χ1v) is 8.84. The predicted molar refractivity (Wildman–Crippen MR) is 99.9 cm³/mol. The summed E-state index contributed by atoms with van der Waals surface area (Å²) in [4.78, 5) is 16.6. The lowest BCUT2D eigenvalue weighted by atomic mass is 10.2. The van der Waals surface area contributed by atoms with Crippen LogP contribution in [0.25, 0.3) is 5.69 Å². The Labute approximate surface area is 152 Å². The molecule has 1 saturated heterocycles. The number of anilines is 1. The highest BCUT2D eigenvalue weighted by Gasteiger charge is 2.26. The first-order valence-electron chi connectivity index (χ1n) is 8.84. The van der Waals surface area contributed by atoms with Gasteiger partial charge in [-0.1, -0.05) is 18.2 Å². The van der Waals surface area contributed by atoms with Crippen LogP contribution in [0.2, 0.25) is 0 Å². The van der Waals surface area contributed by atoms with Gasteiger partial charge in [0, 0.05) is 26.2 Å². The van der Waals surface area contributed by atoms with Gasteiger partial charge in [0.2, 0.25) is 0 Å². The number of nitrogens with zero attached hydrogens (tertiary/aromatic N) is 4. The Morgan fingerprint density at radius 2 is 1.73 bits per heavy atom. The van der Waals surface area contributed by atoms with Gasteiger partial charge in [-0.3, -0.25) is 4.79 Å². The summed E-state index contributed by atoms with van der Waals surface area (Å²) >= 11 is 0. The maximum absolute atomic E-state index is 12.4. The molecule has 1 aromatic carbocycles. The number of hydrogen-bond acceptors (Lipinski definition) is 4. The van der Waals surface area contributed by atoms with E-state index in [1.54, 1.807) is 12.1 Å². The van der Waals surface area contributed by atoms with Gasteiger partial charge >= 0.3 is 0 Å². The first-order chi connectivity index (χ1) is 12.6. The van der Waals surface area contributed by atoms with Crippen LogP contribution in [0.4, 0.5) is 5.69 Å². The van der Waals surface area contributed by atoms with Crippen molar-refractivity contribution in [2.75, 3.05) is 31.1 Å². The number of carbonyl (C=O) groups excluding carboxylic acids is 1. The molecule has 26 heavy (non-hydrogen) atoms. The molecule has 0 aliphatic carbocycles. The van der Waals surface area contributed by atoms with Crippen LogP contribution in [0, 0.1) is 13.8 Å². The van der Waals surface area contributed by atoms with Gasteiger partial charge in [0.1, 0.15) is 0 Å². The topological polar surface area (TPSA) is 54.5 Å². The summed E-state index contributed by atoms with van der Waals surface area (Å²) in [5, 5.41) is 4.73. The third-order valence-corrected chi connectivity index (χ3v) is 4.87. The van der Waals surface area contributed by atoms with Crippen molar-refractivity contribution in [3.05, 3.63) is 65.9 Å². The van der Waals surface area contributed by atoms with Crippen LogP contribution in [0.1, 0.15) is 21.9 Å². The van der Waals surface area contributed by atoms with Gasteiger partial charge in [-0.05, 0) is 38.1 Å². The fourth-order valence-electron chi connectivity index (χ4n) is 3.60. The Bertz CT molecular complexity index is 892. The molecule has 0 radical (unpaired) electrons. The molecule has 0 N–H and O–H groups in total. The van der Waals surface area contributed by atoms with Crippen molar-refractivity contribution in [3.63, 3.8) is 0 Å². The molecule has 0 bridgehead atoms. The van der Waals surface area contributed by atoms with E-state index in [1.165, 1.54) is 12.0 Å². The summed E-state index contributed by atoms with van der Waals surface area (Å²) in [6, 6.07) is 13.6. The Hall–Kier alpha value is -3.02. The summed E-state index contributed by atoms with van der Waals surface area (Å²) in [5.41, 5.74) is 4.36. The van der Waals surface area contributed by atoms with E-state index in [0.29, 0.717) is 18.8 Å². The molecule has 0 atom stereocenters. The molecule has 1 fully saturated rings. The second-order valence-electron chi connectivity index (χ2n) is 6.52. The Balaban J connectivity index is 1.51. The molecule has 1 aliphatic heterocycles. The molecule has 0 unspecified atom stereocenters. The van der Waals surface area contributed by atoms with Gasteiger partial charge in [-0.25, -0.2) is 4.68 Å². The van der Waals surface area contributed by atoms with Crippen molar-refractivity contribution in [3.8, 4) is 5.69 Å². The zero-order chi connectivity index (χ0) is 18.1. The van der Waals surface area contributed by atoms with Crippen molar-refractivity contribution in [1.29, 1.82) is 0 Å². The molecule has 0 saturated carbocycles. The second kappa shape index (κ2) is 6.71. The molecule has 6 heteroatoms. The predicted octanol–water partition coefficient (Wildman–Crippen LogP) is 3.04. The molecule has 6 nitrogen and oxygen atoms in total. The molecule has 1 aliphatic rings. The highest BCUT2D eigenvalue weighted by atomic mass is 16.3. The standard InChI is InChI=1S/C20H22N4O2/c1-15-19(16(2)24(21-15)17-7-4-3-5-8-17)22-10-12-23(13-11-22)20(25)18-9-6-14-26-18/h3-9,14H,10-13H2,1-2H3. The average molecular weight is 350 g/mol. The second-order valence-corrected chi connectivity index (χ2v) is 6.52. The van der Waals surface area contributed by atoms with Crippen molar-refractivity contribution in [2.24, 2.45) is 0 Å². The smallest absolute Gasteiger partial charge is 0.289 e. The summed E-state index contributed by atoms with van der Waals surface area (Å²) < 4.78 is 7.22. The van der Waals surface area contributed by atoms with Crippen LogP contribution >= 0.6 is 0 Å². The van der Waals surface area contributed by atoms with E-state index in [4.69, 9.17) is 9.52 Å². The minimum atomic E-state index is -0.0388. The Morgan fingerprint density at radius 3 is 2.38 bits per heavy atom. The molecule has 1 amide bonds. The number of benzene rings is 1. The third kappa shape index (κ3) is 2.87. The van der Waals surface area contributed by atoms with Crippen LogP contribution < -0.4 is 4.90 Å². The molecule has 4 rings (SSSR count). The lowest BCUT2D eigenvalue weighted by molar-refractivity contribution is 0.0714. The average Bonchev–Trinajstić information content (AvgIpc) is 3.30. The zero-order valence-corrected chi connectivity index (χ0v) is 15.1. The SMILES string of the molecule is Cc1nn(-c2ccccc2)c(C)c1N1CCN(C(=O)c2ccco2)CC1. The molecule has 0 spiro atoms. The van der Waals surface area contributed by atoms with E-state index in [9.17, 15) is 4.79 Å². The first kappa shape index (κ1) is 16.4. The third-order valence-electron chi connectivity index (χ3n) is 4.87. The zero-order valence-electron chi connectivity index (χ0n) is 15.1. The Kier molecular flexibility index (Phi) is 4.24. The summed E-state index contributed by atoms with van der Waals surface area (Å²) in [5.74, 6) is 0.366. The molecule has 2 aromatic heterocycles. The molecule has 134 valence electrons. The molecule has 3 heterocycles. The van der Waals surface area contributed by atoms with Crippen LogP contribution in [0.15, 0.2) is 53.1 Å². The molecular formula is C20H22N4O2. The highest BCUT2D eigenvalue weighted by Crippen LogP contribution is 2.27. The number of piperazine rings is 1. The monoisotopic (exact) mass is 350 g/mol. The quantitative estimate of drug-likeness (QED) is 0.729. The summed E-state index contributed by atoms with van der Waals surface area (Å²) in [7, 11) is 0. The normalized spacial score (nSPS) is 14.7. The molecule has 3 aromatic rings.